The number of benzene rings is 1. The van der Waals surface area contributed by atoms with E-state index in [4.69, 9.17) is 4.74 Å². The highest BCUT2D eigenvalue weighted by Crippen LogP contribution is 2.22. The number of para-hydroxylation sites is 1. The van der Waals surface area contributed by atoms with Crippen molar-refractivity contribution >= 4 is 21.9 Å². The minimum Gasteiger partial charge on any atom is -0.426 e. The zero-order valence-electron chi connectivity index (χ0n) is 9.05. The Kier molecular flexibility index (Phi) is 4.82. The SMILES string of the molecule is Cc1cccc(C)c1OC(=O)CCCBr. The summed E-state index contributed by atoms with van der Waals surface area (Å²) in [5, 5.41) is 0.828. The van der Waals surface area contributed by atoms with Gasteiger partial charge in [0.25, 0.3) is 0 Å². The summed E-state index contributed by atoms with van der Waals surface area (Å²) in [6.45, 7) is 3.89. The first-order chi connectivity index (χ1) is 7.15. The second-order valence-electron chi connectivity index (χ2n) is 3.49. The van der Waals surface area contributed by atoms with E-state index in [0.717, 1.165) is 22.9 Å². The Balaban J connectivity index is 2.68. The van der Waals surface area contributed by atoms with E-state index in [-0.39, 0.29) is 5.97 Å². The van der Waals surface area contributed by atoms with Crippen molar-refractivity contribution in [2.24, 2.45) is 0 Å². The van der Waals surface area contributed by atoms with Gasteiger partial charge in [0.05, 0.1) is 0 Å². The van der Waals surface area contributed by atoms with Gasteiger partial charge in [-0.1, -0.05) is 34.1 Å². The van der Waals surface area contributed by atoms with E-state index in [2.05, 4.69) is 15.9 Å². The van der Waals surface area contributed by atoms with Crippen molar-refractivity contribution < 1.29 is 9.53 Å². The Morgan fingerprint density at radius 3 is 2.47 bits per heavy atom. The van der Waals surface area contributed by atoms with Crippen LogP contribution in [0.2, 0.25) is 0 Å². The van der Waals surface area contributed by atoms with E-state index in [0.29, 0.717) is 12.2 Å². The number of hydrogen-bond donors (Lipinski definition) is 0. The number of aryl methyl sites for hydroxylation is 2. The van der Waals surface area contributed by atoms with Gasteiger partial charge in [-0.05, 0) is 31.4 Å². The molecule has 2 nitrogen and oxygen atoms in total. The number of halogens is 1. The fourth-order valence-corrected chi connectivity index (χ4v) is 1.62. The lowest BCUT2D eigenvalue weighted by atomic mass is 10.1. The summed E-state index contributed by atoms with van der Waals surface area (Å²) in [5.41, 5.74) is 2.00. The third-order valence-electron chi connectivity index (χ3n) is 2.14. The highest BCUT2D eigenvalue weighted by atomic mass is 79.9. The van der Waals surface area contributed by atoms with Gasteiger partial charge in [0.15, 0.2) is 0 Å². The van der Waals surface area contributed by atoms with E-state index < -0.39 is 0 Å². The lowest BCUT2D eigenvalue weighted by molar-refractivity contribution is -0.134. The van der Waals surface area contributed by atoms with Crippen LogP contribution in [0.1, 0.15) is 24.0 Å². The van der Waals surface area contributed by atoms with Crippen molar-refractivity contribution in [2.75, 3.05) is 5.33 Å². The molecule has 1 aromatic carbocycles. The predicted molar refractivity (Wildman–Crippen MR) is 64.6 cm³/mol. The number of alkyl halides is 1. The van der Waals surface area contributed by atoms with Crippen LogP contribution in [0.5, 0.6) is 5.75 Å². The van der Waals surface area contributed by atoms with Gasteiger partial charge in [0, 0.05) is 11.8 Å². The molecule has 3 heteroatoms. The maximum absolute atomic E-state index is 11.4. The van der Waals surface area contributed by atoms with Crippen LogP contribution in [0.15, 0.2) is 18.2 Å². The fourth-order valence-electron chi connectivity index (χ4n) is 1.34. The standard InChI is InChI=1S/C12H15BrO2/c1-9-5-3-6-10(2)12(9)15-11(14)7-4-8-13/h3,5-6H,4,7-8H2,1-2H3. The Hall–Kier alpha value is -0.830. The van der Waals surface area contributed by atoms with Crippen LogP contribution in [0, 0.1) is 13.8 Å². The molecule has 15 heavy (non-hydrogen) atoms. The molecule has 0 aliphatic rings. The molecule has 0 radical (unpaired) electrons. The lowest BCUT2D eigenvalue weighted by Crippen LogP contribution is -2.09. The first-order valence-electron chi connectivity index (χ1n) is 4.98. The Morgan fingerprint density at radius 2 is 1.93 bits per heavy atom. The molecule has 0 spiro atoms. The van der Waals surface area contributed by atoms with Crippen LogP contribution in [-0.4, -0.2) is 11.3 Å². The van der Waals surface area contributed by atoms with Crippen LogP contribution in [-0.2, 0) is 4.79 Å². The zero-order chi connectivity index (χ0) is 11.3. The van der Waals surface area contributed by atoms with E-state index in [9.17, 15) is 4.79 Å². The molecule has 0 atom stereocenters. The van der Waals surface area contributed by atoms with E-state index in [1.54, 1.807) is 0 Å². The molecule has 0 amide bonds. The van der Waals surface area contributed by atoms with E-state index in [1.165, 1.54) is 0 Å². The van der Waals surface area contributed by atoms with E-state index >= 15 is 0 Å². The average molecular weight is 271 g/mol. The molecule has 0 heterocycles. The predicted octanol–water partition coefficient (Wildman–Crippen LogP) is 3.38. The summed E-state index contributed by atoms with van der Waals surface area (Å²) < 4.78 is 5.32. The molecule has 0 bridgehead atoms. The molecule has 0 saturated heterocycles. The lowest BCUT2D eigenvalue weighted by Gasteiger charge is -2.09. The molecule has 0 saturated carbocycles. The molecule has 0 aromatic heterocycles. The number of carbonyl (C=O) groups is 1. The molecule has 0 unspecified atom stereocenters. The summed E-state index contributed by atoms with van der Waals surface area (Å²) in [7, 11) is 0. The third-order valence-corrected chi connectivity index (χ3v) is 2.70. The molecule has 0 aliphatic heterocycles. The van der Waals surface area contributed by atoms with Crippen molar-refractivity contribution in [3.05, 3.63) is 29.3 Å². The molecular formula is C12H15BrO2. The molecule has 0 fully saturated rings. The molecule has 1 rings (SSSR count). The molecule has 0 aliphatic carbocycles. The van der Waals surface area contributed by atoms with Gasteiger partial charge in [-0.25, -0.2) is 0 Å². The van der Waals surface area contributed by atoms with Gasteiger partial charge in [-0.15, -0.1) is 0 Å². The van der Waals surface area contributed by atoms with Crippen molar-refractivity contribution in [1.82, 2.24) is 0 Å². The second kappa shape index (κ2) is 5.91. The second-order valence-corrected chi connectivity index (χ2v) is 4.28. The van der Waals surface area contributed by atoms with Crippen molar-refractivity contribution in [1.29, 1.82) is 0 Å². The minimum absolute atomic E-state index is 0.160. The average Bonchev–Trinajstić information content (AvgIpc) is 2.21. The molecule has 1 aromatic rings. The first kappa shape index (κ1) is 12.2. The van der Waals surface area contributed by atoms with Crippen LogP contribution < -0.4 is 4.74 Å². The Morgan fingerprint density at radius 1 is 1.33 bits per heavy atom. The number of hydrogen-bond acceptors (Lipinski definition) is 2. The van der Waals surface area contributed by atoms with Gasteiger partial charge >= 0.3 is 5.97 Å². The van der Waals surface area contributed by atoms with Crippen molar-refractivity contribution in [2.45, 2.75) is 26.7 Å². The Labute approximate surface area is 98.8 Å². The zero-order valence-corrected chi connectivity index (χ0v) is 10.6. The maximum Gasteiger partial charge on any atom is 0.311 e. The first-order valence-corrected chi connectivity index (χ1v) is 6.10. The third kappa shape index (κ3) is 3.67. The topological polar surface area (TPSA) is 26.3 Å². The highest BCUT2D eigenvalue weighted by Gasteiger charge is 2.08. The summed E-state index contributed by atoms with van der Waals surface area (Å²) in [5.74, 6) is 0.545. The number of ether oxygens (including phenoxy) is 1. The fraction of sp³-hybridized carbons (Fsp3) is 0.417. The molecule has 0 N–H and O–H groups in total. The van der Waals surface area contributed by atoms with Gasteiger partial charge < -0.3 is 4.74 Å². The largest absolute Gasteiger partial charge is 0.426 e. The van der Waals surface area contributed by atoms with Crippen LogP contribution in [0.25, 0.3) is 0 Å². The van der Waals surface area contributed by atoms with Gasteiger partial charge in [0.1, 0.15) is 5.75 Å². The van der Waals surface area contributed by atoms with Gasteiger partial charge in [-0.3, -0.25) is 4.79 Å². The highest BCUT2D eigenvalue weighted by molar-refractivity contribution is 9.09. The summed E-state index contributed by atoms with van der Waals surface area (Å²) in [4.78, 5) is 11.4. The number of esters is 1. The van der Waals surface area contributed by atoms with Gasteiger partial charge in [0.2, 0.25) is 0 Å². The summed E-state index contributed by atoms with van der Waals surface area (Å²) in [6.07, 6.45) is 1.27. The quantitative estimate of drug-likeness (QED) is 0.476. The summed E-state index contributed by atoms with van der Waals surface area (Å²) in [6, 6.07) is 5.85. The van der Waals surface area contributed by atoms with Gasteiger partial charge in [-0.2, -0.15) is 0 Å². The maximum atomic E-state index is 11.4. The molecular weight excluding hydrogens is 256 g/mol. The summed E-state index contributed by atoms with van der Waals surface area (Å²) >= 11 is 3.28. The molecule has 82 valence electrons. The van der Waals surface area contributed by atoms with E-state index in [1.807, 2.05) is 32.0 Å². The van der Waals surface area contributed by atoms with Crippen LogP contribution in [0.3, 0.4) is 0 Å². The smallest absolute Gasteiger partial charge is 0.311 e. The monoisotopic (exact) mass is 270 g/mol. The number of carbonyl (C=O) groups excluding carboxylic acids is 1. The Bertz CT molecular complexity index is 327. The number of rotatable bonds is 4. The van der Waals surface area contributed by atoms with Crippen molar-refractivity contribution in [3.63, 3.8) is 0 Å². The van der Waals surface area contributed by atoms with Crippen LogP contribution >= 0.6 is 15.9 Å². The van der Waals surface area contributed by atoms with Crippen LogP contribution in [0.4, 0.5) is 0 Å². The minimum atomic E-state index is -0.160. The van der Waals surface area contributed by atoms with Crippen molar-refractivity contribution in [3.8, 4) is 5.75 Å². The normalized spacial score (nSPS) is 10.1.